The van der Waals surface area contributed by atoms with Crippen molar-refractivity contribution in [2.45, 2.75) is 32.8 Å². The van der Waals surface area contributed by atoms with Crippen LogP contribution in [-0.4, -0.2) is 20.8 Å². The summed E-state index contributed by atoms with van der Waals surface area (Å²) in [7, 11) is 1.97. The molecular formula is C11H18N2O. The first-order chi connectivity index (χ1) is 6.50. The van der Waals surface area contributed by atoms with E-state index in [1.807, 2.05) is 17.8 Å². The Morgan fingerprint density at radius 3 is 2.79 bits per heavy atom. The van der Waals surface area contributed by atoms with Gasteiger partial charge in [0, 0.05) is 25.9 Å². The van der Waals surface area contributed by atoms with Crippen molar-refractivity contribution in [2.75, 3.05) is 0 Å². The quantitative estimate of drug-likeness (QED) is 0.789. The average molecular weight is 194 g/mol. The SMILES string of the molecule is Cn1ccnc1CC(O)C1CC1(C)C. The summed E-state index contributed by atoms with van der Waals surface area (Å²) < 4.78 is 1.97. The minimum Gasteiger partial charge on any atom is -0.392 e. The van der Waals surface area contributed by atoms with E-state index in [1.54, 1.807) is 6.20 Å². The number of nitrogens with zero attached hydrogens (tertiary/aromatic N) is 2. The van der Waals surface area contributed by atoms with Crippen LogP contribution >= 0.6 is 0 Å². The first-order valence-electron chi connectivity index (χ1n) is 5.15. The molecule has 2 rings (SSSR count). The van der Waals surface area contributed by atoms with Crippen LogP contribution in [0.1, 0.15) is 26.1 Å². The average Bonchev–Trinajstić information content (AvgIpc) is 2.54. The monoisotopic (exact) mass is 194 g/mol. The molecule has 1 aliphatic rings. The molecule has 1 aliphatic carbocycles. The van der Waals surface area contributed by atoms with E-state index < -0.39 is 0 Å². The summed E-state index contributed by atoms with van der Waals surface area (Å²) in [4.78, 5) is 4.22. The van der Waals surface area contributed by atoms with Gasteiger partial charge < -0.3 is 9.67 Å². The van der Waals surface area contributed by atoms with Crippen LogP contribution in [0, 0.1) is 11.3 Å². The molecule has 2 atom stereocenters. The number of imidazole rings is 1. The largest absolute Gasteiger partial charge is 0.392 e. The van der Waals surface area contributed by atoms with Gasteiger partial charge in [-0.15, -0.1) is 0 Å². The van der Waals surface area contributed by atoms with Gasteiger partial charge in [0.1, 0.15) is 5.82 Å². The molecule has 14 heavy (non-hydrogen) atoms. The lowest BCUT2D eigenvalue weighted by Crippen LogP contribution is -2.18. The number of rotatable bonds is 3. The number of hydrogen-bond acceptors (Lipinski definition) is 2. The Labute approximate surface area is 84.8 Å². The van der Waals surface area contributed by atoms with Crippen molar-refractivity contribution in [1.29, 1.82) is 0 Å². The van der Waals surface area contributed by atoms with Crippen LogP contribution in [0.3, 0.4) is 0 Å². The van der Waals surface area contributed by atoms with E-state index in [1.165, 1.54) is 0 Å². The molecule has 0 radical (unpaired) electrons. The van der Waals surface area contributed by atoms with E-state index in [2.05, 4.69) is 18.8 Å². The molecule has 0 saturated heterocycles. The van der Waals surface area contributed by atoms with Crippen molar-refractivity contribution < 1.29 is 5.11 Å². The maximum atomic E-state index is 9.97. The minimum absolute atomic E-state index is 0.230. The highest BCUT2D eigenvalue weighted by molar-refractivity contribution is 5.03. The number of aliphatic hydroxyl groups is 1. The smallest absolute Gasteiger partial charge is 0.110 e. The molecule has 0 aliphatic heterocycles. The lowest BCUT2D eigenvalue weighted by molar-refractivity contribution is 0.134. The molecule has 1 heterocycles. The predicted molar refractivity (Wildman–Crippen MR) is 54.8 cm³/mol. The zero-order valence-corrected chi connectivity index (χ0v) is 9.07. The molecule has 2 unspecified atom stereocenters. The van der Waals surface area contributed by atoms with E-state index in [0.717, 1.165) is 12.2 Å². The third kappa shape index (κ3) is 1.69. The fourth-order valence-corrected chi connectivity index (χ4v) is 2.09. The van der Waals surface area contributed by atoms with E-state index in [9.17, 15) is 5.11 Å². The molecule has 1 fully saturated rings. The molecule has 1 aromatic heterocycles. The van der Waals surface area contributed by atoms with Crippen LogP contribution in [0.15, 0.2) is 12.4 Å². The van der Waals surface area contributed by atoms with Gasteiger partial charge in [-0.25, -0.2) is 4.98 Å². The Morgan fingerprint density at radius 2 is 2.36 bits per heavy atom. The first-order valence-corrected chi connectivity index (χ1v) is 5.15. The fourth-order valence-electron chi connectivity index (χ4n) is 2.09. The third-order valence-corrected chi connectivity index (χ3v) is 3.37. The highest BCUT2D eigenvalue weighted by atomic mass is 16.3. The van der Waals surface area contributed by atoms with Crippen LogP contribution in [0.4, 0.5) is 0 Å². The highest BCUT2D eigenvalue weighted by Crippen LogP contribution is 2.53. The number of hydrogen-bond donors (Lipinski definition) is 1. The summed E-state index contributed by atoms with van der Waals surface area (Å²) in [5.74, 6) is 1.43. The summed E-state index contributed by atoms with van der Waals surface area (Å²) in [5, 5.41) is 9.97. The molecule has 0 aromatic carbocycles. The molecule has 78 valence electrons. The van der Waals surface area contributed by atoms with E-state index in [4.69, 9.17) is 0 Å². The van der Waals surface area contributed by atoms with Crippen molar-refractivity contribution in [3.8, 4) is 0 Å². The van der Waals surface area contributed by atoms with Gasteiger partial charge in [-0.3, -0.25) is 0 Å². The van der Waals surface area contributed by atoms with Gasteiger partial charge in [-0.2, -0.15) is 0 Å². The molecule has 3 heteroatoms. The van der Waals surface area contributed by atoms with Crippen LogP contribution in [0.5, 0.6) is 0 Å². The molecular weight excluding hydrogens is 176 g/mol. The summed E-state index contributed by atoms with van der Waals surface area (Å²) in [6, 6.07) is 0. The van der Waals surface area contributed by atoms with Gasteiger partial charge in [0.15, 0.2) is 0 Å². The van der Waals surface area contributed by atoms with E-state index in [-0.39, 0.29) is 6.10 Å². The molecule has 0 bridgehead atoms. The van der Waals surface area contributed by atoms with Crippen LogP contribution in [0.2, 0.25) is 0 Å². The second-order valence-corrected chi connectivity index (χ2v) is 5.03. The van der Waals surface area contributed by atoms with E-state index >= 15 is 0 Å². The van der Waals surface area contributed by atoms with Crippen LogP contribution in [0.25, 0.3) is 0 Å². The molecule has 0 amide bonds. The molecule has 1 aromatic rings. The lowest BCUT2D eigenvalue weighted by Gasteiger charge is -2.11. The van der Waals surface area contributed by atoms with Gasteiger partial charge in [0.2, 0.25) is 0 Å². The summed E-state index contributed by atoms with van der Waals surface area (Å²) in [5.41, 5.74) is 0.338. The van der Waals surface area contributed by atoms with Crippen LogP contribution < -0.4 is 0 Å². The summed E-state index contributed by atoms with van der Waals surface area (Å²) in [6.45, 7) is 4.42. The van der Waals surface area contributed by atoms with Crippen molar-refractivity contribution in [3.05, 3.63) is 18.2 Å². The first kappa shape index (κ1) is 9.71. The Balaban J connectivity index is 1.96. The molecule has 0 spiro atoms. The Morgan fingerprint density at radius 1 is 1.71 bits per heavy atom. The number of aryl methyl sites for hydroxylation is 1. The molecule has 3 nitrogen and oxygen atoms in total. The lowest BCUT2D eigenvalue weighted by atomic mass is 10.0. The van der Waals surface area contributed by atoms with E-state index in [0.29, 0.717) is 17.8 Å². The summed E-state index contributed by atoms with van der Waals surface area (Å²) >= 11 is 0. The maximum Gasteiger partial charge on any atom is 0.110 e. The van der Waals surface area contributed by atoms with Gasteiger partial charge in [-0.05, 0) is 17.8 Å². The standard InChI is InChI=1S/C11H18N2O/c1-11(2)7-8(11)9(14)6-10-12-4-5-13(10)3/h4-5,8-9,14H,6-7H2,1-3H3. The zero-order chi connectivity index (χ0) is 10.3. The molecule has 1 saturated carbocycles. The van der Waals surface area contributed by atoms with Gasteiger partial charge in [0.25, 0.3) is 0 Å². The number of aromatic nitrogens is 2. The van der Waals surface area contributed by atoms with Gasteiger partial charge >= 0.3 is 0 Å². The summed E-state index contributed by atoms with van der Waals surface area (Å²) in [6.07, 6.45) is 5.28. The van der Waals surface area contributed by atoms with Crippen LogP contribution in [-0.2, 0) is 13.5 Å². The normalized spacial score (nSPS) is 26.1. The van der Waals surface area contributed by atoms with Crippen molar-refractivity contribution in [2.24, 2.45) is 18.4 Å². The highest BCUT2D eigenvalue weighted by Gasteiger charge is 2.49. The second kappa shape index (κ2) is 3.09. The van der Waals surface area contributed by atoms with Crippen molar-refractivity contribution in [1.82, 2.24) is 9.55 Å². The topological polar surface area (TPSA) is 38.0 Å². The van der Waals surface area contributed by atoms with Crippen molar-refractivity contribution in [3.63, 3.8) is 0 Å². The minimum atomic E-state index is -0.230. The number of aliphatic hydroxyl groups excluding tert-OH is 1. The van der Waals surface area contributed by atoms with Gasteiger partial charge in [-0.1, -0.05) is 13.8 Å². The Bertz CT molecular complexity index is 330. The second-order valence-electron chi connectivity index (χ2n) is 5.03. The third-order valence-electron chi connectivity index (χ3n) is 3.37. The fraction of sp³-hybridized carbons (Fsp3) is 0.727. The predicted octanol–water partition coefficient (Wildman–Crippen LogP) is 1.37. The molecule has 1 N–H and O–H groups in total. The Hall–Kier alpha value is -0.830. The Kier molecular flexibility index (Phi) is 2.14. The van der Waals surface area contributed by atoms with Crippen molar-refractivity contribution >= 4 is 0 Å². The van der Waals surface area contributed by atoms with Gasteiger partial charge in [0.05, 0.1) is 6.10 Å². The maximum absolute atomic E-state index is 9.97. The zero-order valence-electron chi connectivity index (χ0n) is 9.07.